The predicted molar refractivity (Wildman–Crippen MR) is 219 cm³/mol. The highest BCUT2D eigenvalue weighted by Crippen LogP contribution is 2.51. The maximum Gasteiger partial charge on any atom is 0.316 e. The van der Waals surface area contributed by atoms with Crippen LogP contribution in [0.15, 0.2) is 132 Å². The van der Waals surface area contributed by atoms with Gasteiger partial charge < -0.3 is 24.2 Å². The molecule has 0 heterocycles. The van der Waals surface area contributed by atoms with Crippen LogP contribution in [0.3, 0.4) is 0 Å². The summed E-state index contributed by atoms with van der Waals surface area (Å²) in [5, 5.41) is 23.1. The first kappa shape index (κ1) is 38.6. The summed E-state index contributed by atoms with van der Waals surface area (Å²) < 4.78 is 20.2. The zero-order valence-electron chi connectivity index (χ0n) is 31.0. The Bertz CT molecular complexity index is 2260. The quantitative estimate of drug-likeness (QED) is 0.0621. The molecule has 6 aromatic rings. The van der Waals surface area contributed by atoms with Gasteiger partial charge in [0.15, 0.2) is 11.5 Å². The fourth-order valence-electron chi connectivity index (χ4n) is 6.09. The molecule has 0 aromatic heterocycles. The number of rotatable bonds is 15. The van der Waals surface area contributed by atoms with Crippen molar-refractivity contribution in [2.45, 2.75) is 32.8 Å². The zero-order valence-corrected chi connectivity index (χ0v) is 32.6. The minimum Gasteiger partial charge on any atom is -0.508 e. The van der Waals surface area contributed by atoms with Crippen molar-refractivity contribution in [1.82, 2.24) is 0 Å². The minimum atomic E-state index is -0.802. The van der Waals surface area contributed by atoms with E-state index in [4.69, 9.17) is 14.2 Å². The molecule has 0 amide bonds. The average molecular weight is 802 g/mol. The fraction of sp³-hybridized carbons (Fsp3) is 0.178. The Balaban J connectivity index is 1.66. The van der Waals surface area contributed by atoms with Crippen LogP contribution in [0.1, 0.15) is 59.0 Å². The third-order valence-electron chi connectivity index (χ3n) is 9.08. The van der Waals surface area contributed by atoms with Gasteiger partial charge in [0.1, 0.15) is 23.4 Å². The third-order valence-corrected chi connectivity index (χ3v) is 9.60. The number of aryl methyl sites for hydroxylation is 1. The number of nitro benzene ring substituents is 1. The van der Waals surface area contributed by atoms with E-state index in [0.717, 1.165) is 39.7 Å². The van der Waals surface area contributed by atoms with Gasteiger partial charge in [0, 0.05) is 47.0 Å². The number of aromatic hydroxyl groups is 1. The number of benzene rings is 6. The second kappa shape index (κ2) is 17.3. The lowest BCUT2D eigenvalue weighted by Gasteiger charge is -2.26. The average Bonchev–Trinajstić information content (AvgIpc) is 3.20. The molecule has 6 aromatic carbocycles. The summed E-state index contributed by atoms with van der Waals surface area (Å²) in [6, 6.07) is 37.0. The van der Waals surface area contributed by atoms with Crippen molar-refractivity contribution in [2.24, 2.45) is 0 Å². The molecule has 0 aliphatic rings. The molecule has 0 aliphatic heterocycles. The van der Waals surface area contributed by atoms with Crippen LogP contribution in [0.2, 0.25) is 0 Å². The Morgan fingerprint density at radius 3 is 1.96 bits per heavy atom. The van der Waals surface area contributed by atoms with E-state index in [1.54, 1.807) is 24.3 Å². The summed E-state index contributed by atoms with van der Waals surface area (Å²) in [4.78, 5) is 29.0. The summed E-state index contributed by atoms with van der Waals surface area (Å²) >= 11 is 3.54. The van der Waals surface area contributed by atoms with Crippen molar-refractivity contribution in [3.05, 3.63) is 170 Å². The van der Waals surface area contributed by atoms with Gasteiger partial charge in [0.25, 0.3) is 0 Å². The van der Waals surface area contributed by atoms with Gasteiger partial charge in [-0.3, -0.25) is 14.9 Å². The molecular weight excluding hydrogens is 760 g/mol. The largest absolute Gasteiger partial charge is 0.508 e. The van der Waals surface area contributed by atoms with Crippen LogP contribution < -0.4 is 19.1 Å². The number of anilines is 1. The number of carbonyl (C=O) groups excluding carboxylic acids is 1. The summed E-state index contributed by atoms with van der Waals surface area (Å²) in [6.45, 7) is 4.59. The molecule has 6 rings (SSSR count). The van der Waals surface area contributed by atoms with E-state index in [9.17, 15) is 20.0 Å². The molecule has 0 spiro atoms. The second-order valence-corrected chi connectivity index (χ2v) is 14.0. The van der Waals surface area contributed by atoms with Gasteiger partial charge in [-0.15, -0.1) is 0 Å². The Labute approximate surface area is 329 Å². The topological polar surface area (TPSA) is 111 Å². The molecule has 0 aliphatic carbocycles. The molecule has 0 saturated heterocycles. The molecule has 10 heteroatoms. The van der Waals surface area contributed by atoms with E-state index >= 15 is 0 Å². The number of phenolic OH excluding ortho intramolecular Hbond substituents is 1. The maximum atomic E-state index is 14.5. The van der Waals surface area contributed by atoms with Crippen molar-refractivity contribution in [2.75, 3.05) is 25.6 Å². The van der Waals surface area contributed by atoms with Gasteiger partial charge in [0.05, 0.1) is 11.5 Å². The van der Waals surface area contributed by atoms with Crippen molar-refractivity contribution in [3.8, 4) is 39.9 Å². The Hall–Kier alpha value is -6.13. The number of nitro groups is 1. The van der Waals surface area contributed by atoms with Gasteiger partial charge in [-0.2, -0.15) is 0 Å². The molecule has 0 fully saturated rings. The van der Waals surface area contributed by atoms with Crippen LogP contribution in [0.5, 0.6) is 28.7 Å². The van der Waals surface area contributed by atoms with Crippen LogP contribution in [0.25, 0.3) is 11.1 Å². The van der Waals surface area contributed by atoms with E-state index in [2.05, 4.69) is 15.9 Å². The van der Waals surface area contributed by atoms with Crippen molar-refractivity contribution >= 4 is 33.1 Å². The summed E-state index contributed by atoms with van der Waals surface area (Å²) in [7, 11) is 3.91. The summed E-state index contributed by atoms with van der Waals surface area (Å²) in [6.07, 6.45) is 0.813. The Morgan fingerprint density at radius 1 is 0.800 bits per heavy atom. The molecule has 280 valence electrons. The minimum absolute atomic E-state index is 0.0106. The molecule has 55 heavy (non-hydrogen) atoms. The molecule has 0 saturated carbocycles. The van der Waals surface area contributed by atoms with Crippen molar-refractivity contribution < 1.29 is 29.0 Å². The SMILES string of the molecule is CCCOc1ccc(Oc2c([N+](=O)[O-])cc(C(=O)c3ccc(O)cc3)c(-c3ccc(CC)cc3)c2OC(c2ccc(Br)cc2)c2ccc(N(C)C)cc2)cc1. The summed E-state index contributed by atoms with van der Waals surface area (Å²) in [5.74, 6) is 0.254. The normalized spacial score (nSPS) is 11.4. The van der Waals surface area contributed by atoms with Crippen LogP contribution in [0.4, 0.5) is 11.4 Å². The van der Waals surface area contributed by atoms with Gasteiger partial charge in [-0.05, 0) is 108 Å². The van der Waals surface area contributed by atoms with Crippen LogP contribution in [0, 0.1) is 10.1 Å². The number of hydrogen-bond acceptors (Lipinski definition) is 8. The van der Waals surface area contributed by atoms with Crippen LogP contribution >= 0.6 is 15.9 Å². The first-order valence-electron chi connectivity index (χ1n) is 17.9. The number of halogens is 1. The van der Waals surface area contributed by atoms with E-state index in [1.165, 1.54) is 30.3 Å². The lowest BCUT2D eigenvalue weighted by molar-refractivity contribution is -0.385. The molecule has 0 bridgehead atoms. The molecule has 1 unspecified atom stereocenters. The highest BCUT2D eigenvalue weighted by Gasteiger charge is 2.34. The van der Waals surface area contributed by atoms with Crippen LogP contribution in [-0.4, -0.2) is 36.5 Å². The predicted octanol–water partition coefficient (Wildman–Crippen LogP) is 11.3. The monoisotopic (exact) mass is 800 g/mol. The van der Waals surface area contributed by atoms with Gasteiger partial charge in [0.2, 0.25) is 5.75 Å². The van der Waals surface area contributed by atoms with Gasteiger partial charge in [-0.25, -0.2) is 0 Å². The Kier molecular flexibility index (Phi) is 12.2. The number of ketones is 1. The lowest BCUT2D eigenvalue weighted by atomic mass is 9.91. The number of carbonyl (C=O) groups is 1. The first-order chi connectivity index (χ1) is 26.6. The third kappa shape index (κ3) is 8.99. The molecule has 1 N–H and O–H groups in total. The maximum absolute atomic E-state index is 14.5. The summed E-state index contributed by atoms with van der Waals surface area (Å²) in [5.41, 5.74) is 4.27. The fourth-order valence-corrected chi connectivity index (χ4v) is 6.35. The highest BCUT2D eigenvalue weighted by molar-refractivity contribution is 9.10. The zero-order chi connectivity index (χ0) is 39.1. The smallest absolute Gasteiger partial charge is 0.316 e. The highest BCUT2D eigenvalue weighted by atomic mass is 79.9. The van der Waals surface area contributed by atoms with E-state index < -0.39 is 22.5 Å². The van der Waals surface area contributed by atoms with Gasteiger partial charge >= 0.3 is 5.69 Å². The number of hydrogen-bond donors (Lipinski definition) is 1. The second-order valence-electron chi connectivity index (χ2n) is 13.1. The molecular formula is C45H41BrN2O7. The molecule has 1 atom stereocenters. The molecule has 9 nitrogen and oxygen atoms in total. The van der Waals surface area contributed by atoms with E-state index in [0.29, 0.717) is 29.2 Å². The van der Waals surface area contributed by atoms with E-state index in [-0.39, 0.29) is 28.4 Å². The number of ether oxygens (including phenoxy) is 3. The molecule has 0 radical (unpaired) electrons. The lowest BCUT2D eigenvalue weighted by Crippen LogP contribution is -2.14. The first-order valence-corrected chi connectivity index (χ1v) is 18.7. The van der Waals surface area contributed by atoms with Crippen LogP contribution in [-0.2, 0) is 6.42 Å². The number of phenols is 1. The van der Waals surface area contributed by atoms with Gasteiger partial charge in [-0.1, -0.05) is 78.3 Å². The van der Waals surface area contributed by atoms with E-state index in [1.807, 2.05) is 106 Å². The van der Waals surface area contributed by atoms with Crippen molar-refractivity contribution in [3.63, 3.8) is 0 Å². The van der Waals surface area contributed by atoms with Crippen molar-refractivity contribution in [1.29, 1.82) is 0 Å². The number of nitrogens with zero attached hydrogens (tertiary/aromatic N) is 2. The Morgan fingerprint density at radius 2 is 1.40 bits per heavy atom. The standard InChI is InChI=1S/C45H41BrN2O7/c1-5-27-53-37-23-25-38(26-24-37)54-44-40(48(51)52)28-39(42(50)31-15-21-36(49)22-16-31)41(30-9-7-29(6-2)8-10-30)45(44)55-43(32-11-17-34(46)18-12-32)33-13-19-35(20-14-33)47(3)4/h7-26,28,43,49H,5-6,27H2,1-4H3.